The first-order valence-electron chi connectivity index (χ1n) is 17.3. The lowest BCUT2D eigenvalue weighted by Crippen LogP contribution is -2.42. The van der Waals surface area contributed by atoms with Crippen LogP contribution in [0.25, 0.3) is 44.3 Å². The third-order valence-electron chi connectivity index (χ3n) is 10.4. The summed E-state index contributed by atoms with van der Waals surface area (Å²) in [6, 6.07) is 13.9. The second kappa shape index (κ2) is 12.8. The maximum atomic E-state index is 15.1. The minimum absolute atomic E-state index is 0.0601. The number of fused-ring (bicyclic) bond motifs is 4. The highest BCUT2D eigenvalue weighted by Gasteiger charge is 2.37. The summed E-state index contributed by atoms with van der Waals surface area (Å²) >= 11 is 13.5. The standard InChI is InChI=1S/C39H39Cl2N9O2/c1-20-15-26(16-21(2)35(20)41)52-14-8-9-27-28-11-12-30(40)34(33-23(4)44-48(7)24(33)5)36(28)50-22(3)18-49(39(51)37(27)50)32-19-47(6)31-13-10-25(17-29(31)32)38-42-45-46-43-38/h10-13,15-17,19,22H,8-9,14,18H2,1-7H3,(H,42,43,45,46)/t22-/m1/s1. The maximum Gasteiger partial charge on any atom is 0.275 e. The van der Waals surface area contributed by atoms with Gasteiger partial charge < -0.3 is 18.8 Å². The van der Waals surface area contributed by atoms with Gasteiger partial charge in [0.25, 0.3) is 5.91 Å². The molecule has 1 aliphatic heterocycles. The molecule has 0 fully saturated rings. The average molecular weight is 737 g/mol. The Morgan fingerprint density at radius 2 is 1.75 bits per heavy atom. The molecule has 3 aromatic carbocycles. The summed E-state index contributed by atoms with van der Waals surface area (Å²) in [5, 5.41) is 22.5. The van der Waals surface area contributed by atoms with E-state index in [4.69, 9.17) is 33.0 Å². The van der Waals surface area contributed by atoms with E-state index in [1.807, 2.05) is 87.0 Å². The van der Waals surface area contributed by atoms with Crippen LogP contribution in [0.15, 0.2) is 48.7 Å². The lowest BCUT2D eigenvalue weighted by molar-refractivity contribution is 0.0957. The van der Waals surface area contributed by atoms with Crippen LogP contribution in [0.5, 0.6) is 5.75 Å². The lowest BCUT2D eigenvalue weighted by atomic mass is 9.98. The van der Waals surface area contributed by atoms with Crippen LogP contribution in [0, 0.1) is 27.7 Å². The van der Waals surface area contributed by atoms with Crippen LogP contribution >= 0.6 is 23.2 Å². The first kappa shape index (κ1) is 34.0. The van der Waals surface area contributed by atoms with Crippen LogP contribution in [-0.4, -0.2) is 58.6 Å². The molecular formula is C39H39Cl2N9O2. The molecule has 52 heavy (non-hydrogen) atoms. The van der Waals surface area contributed by atoms with Gasteiger partial charge in [0, 0.05) is 76.6 Å². The van der Waals surface area contributed by atoms with Crippen LogP contribution in [0.1, 0.15) is 58.0 Å². The predicted molar refractivity (Wildman–Crippen MR) is 206 cm³/mol. The van der Waals surface area contributed by atoms with Crippen LogP contribution in [0.3, 0.4) is 0 Å². The molecule has 0 saturated carbocycles. The smallest absolute Gasteiger partial charge is 0.275 e. The van der Waals surface area contributed by atoms with Crippen molar-refractivity contribution in [3.8, 4) is 28.3 Å². The van der Waals surface area contributed by atoms with Gasteiger partial charge in [0.2, 0.25) is 0 Å². The van der Waals surface area contributed by atoms with E-state index in [1.54, 1.807) is 0 Å². The molecule has 1 amide bonds. The van der Waals surface area contributed by atoms with Gasteiger partial charge in [-0.05, 0) is 111 Å². The van der Waals surface area contributed by atoms with E-state index in [0.29, 0.717) is 42.5 Å². The summed E-state index contributed by atoms with van der Waals surface area (Å²) in [5.74, 6) is 1.29. The van der Waals surface area contributed by atoms with Gasteiger partial charge in [0.1, 0.15) is 11.4 Å². The maximum absolute atomic E-state index is 15.1. The fourth-order valence-corrected chi connectivity index (χ4v) is 8.31. The number of rotatable bonds is 8. The van der Waals surface area contributed by atoms with E-state index >= 15 is 4.79 Å². The molecule has 1 N–H and O–H groups in total. The molecule has 5 heterocycles. The summed E-state index contributed by atoms with van der Waals surface area (Å²) < 4.78 is 12.4. The van der Waals surface area contributed by atoms with Crippen molar-refractivity contribution >= 4 is 56.6 Å². The minimum Gasteiger partial charge on any atom is -0.494 e. The van der Waals surface area contributed by atoms with E-state index in [9.17, 15) is 0 Å². The van der Waals surface area contributed by atoms with Crippen LogP contribution in [-0.2, 0) is 20.5 Å². The van der Waals surface area contributed by atoms with E-state index in [-0.39, 0.29) is 11.9 Å². The van der Waals surface area contributed by atoms with Crippen molar-refractivity contribution in [1.29, 1.82) is 0 Å². The molecule has 13 heteroatoms. The molecule has 0 aliphatic carbocycles. The van der Waals surface area contributed by atoms with Crippen LogP contribution in [0.4, 0.5) is 5.69 Å². The highest BCUT2D eigenvalue weighted by atomic mass is 35.5. The average Bonchev–Trinajstić information content (AvgIpc) is 3.89. The van der Waals surface area contributed by atoms with Crippen molar-refractivity contribution < 1.29 is 9.53 Å². The van der Waals surface area contributed by atoms with Crippen LogP contribution < -0.4 is 9.64 Å². The third-order valence-corrected chi connectivity index (χ3v) is 11.4. The summed E-state index contributed by atoms with van der Waals surface area (Å²) in [4.78, 5) is 17.0. The van der Waals surface area contributed by atoms with Crippen LogP contribution in [0.2, 0.25) is 10.0 Å². The quantitative estimate of drug-likeness (QED) is 0.157. The van der Waals surface area contributed by atoms with Gasteiger partial charge in [-0.1, -0.05) is 29.3 Å². The Hall–Kier alpha value is -5.13. The molecule has 0 unspecified atom stereocenters. The summed E-state index contributed by atoms with van der Waals surface area (Å²) in [5.41, 5.74) is 11.0. The third kappa shape index (κ3) is 5.37. The van der Waals surface area contributed by atoms with Gasteiger partial charge in [-0.3, -0.25) is 9.48 Å². The number of hydrogen-bond donors (Lipinski definition) is 1. The fourth-order valence-electron chi connectivity index (χ4n) is 7.95. The van der Waals surface area contributed by atoms with E-state index in [2.05, 4.69) is 49.7 Å². The first-order chi connectivity index (χ1) is 24.9. The second-order valence-electron chi connectivity index (χ2n) is 13.9. The molecule has 0 bridgehead atoms. The SMILES string of the molecule is Cc1cc(OCCCc2c3n(c4c(-c5c(C)nn(C)c5C)c(Cl)ccc24)[C@H](C)CN(c2cn(C)c4ccc(-c5nnn[nH]5)cc24)C3=O)cc(C)c1Cl. The number of hydrogen-bond acceptors (Lipinski definition) is 6. The number of nitrogens with zero attached hydrogens (tertiary/aromatic N) is 8. The Labute approximate surface area is 311 Å². The fraction of sp³-hybridized carbons (Fsp3) is 0.308. The number of carbonyl (C=O) groups is 1. The number of H-pyrrole nitrogens is 1. The Kier molecular flexibility index (Phi) is 8.38. The molecule has 7 aromatic rings. The largest absolute Gasteiger partial charge is 0.494 e. The number of ether oxygens (including phenoxy) is 1. The number of aromatic nitrogens is 8. The minimum atomic E-state index is -0.0772. The number of anilines is 1. The number of aromatic amines is 1. The monoisotopic (exact) mass is 735 g/mol. The Morgan fingerprint density at radius 1 is 0.981 bits per heavy atom. The second-order valence-corrected chi connectivity index (χ2v) is 14.7. The zero-order valence-corrected chi connectivity index (χ0v) is 31.7. The van der Waals surface area contributed by atoms with E-state index in [1.165, 1.54) is 0 Å². The number of tetrazole rings is 1. The van der Waals surface area contributed by atoms with E-state index < -0.39 is 0 Å². The number of amides is 1. The Balaban J connectivity index is 1.26. The topological polar surface area (TPSA) is 112 Å². The number of benzene rings is 3. The highest BCUT2D eigenvalue weighted by molar-refractivity contribution is 6.35. The van der Waals surface area contributed by atoms with Gasteiger partial charge in [0.15, 0.2) is 5.82 Å². The molecular weight excluding hydrogens is 697 g/mol. The van der Waals surface area contributed by atoms with Crippen molar-refractivity contribution in [2.24, 2.45) is 14.1 Å². The molecule has 266 valence electrons. The zero-order valence-electron chi connectivity index (χ0n) is 30.2. The summed E-state index contributed by atoms with van der Waals surface area (Å²) in [7, 11) is 3.94. The van der Waals surface area contributed by atoms with Crippen molar-refractivity contribution in [2.75, 3.05) is 18.1 Å². The molecule has 0 spiro atoms. The highest BCUT2D eigenvalue weighted by Crippen LogP contribution is 2.46. The zero-order chi connectivity index (χ0) is 36.6. The Morgan fingerprint density at radius 3 is 2.44 bits per heavy atom. The normalized spacial score (nSPS) is 14.6. The Bertz CT molecular complexity index is 2520. The van der Waals surface area contributed by atoms with Gasteiger partial charge in [-0.15, -0.1) is 5.10 Å². The summed E-state index contributed by atoms with van der Waals surface area (Å²) in [6.45, 7) is 11.2. The van der Waals surface area contributed by atoms with Gasteiger partial charge >= 0.3 is 0 Å². The van der Waals surface area contributed by atoms with Crippen molar-refractivity contribution in [3.63, 3.8) is 0 Å². The predicted octanol–water partition coefficient (Wildman–Crippen LogP) is 8.49. The summed E-state index contributed by atoms with van der Waals surface area (Å²) in [6.07, 6.45) is 3.35. The first-order valence-corrected chi connectivity index (χ1v) is 18.1. The molecule has 0 saturated heterocycles. The van der Waals surface area contributed by atoms with E-state index in [0.717, 1.165) is 83.0 Å². The molecule has 0 radical (unpaired) electrons. The molecule has 1 atom stereocenters. The molecule has 8 rings (SSSR count). The van der Waals surface area contributed by atoms with Crippen molar-refractivity contribution in [2.45, 2.75) is 53.5 Å². The van der Waals surface area contributed by atoms with Gasteiger partial charge in [-0.2, -0.15) is 5.10 Å². The molecule has 4 aromatic heterocycles. The molecule has 1 aliphatic rings. The van der Waals surface area contributed by atoms with Gasteiger partial charge in [-0.25, -0.2) is 5.10 Å². The van der Waals surface area contributed by atoms with Crippen molar-refractivity contribution in [3.05, 3.63) is 92.5 Å². The number of carbonyl (C=O) groups excluding carboxylic acids is 1. The number of halogens is 2. The van der Waals surface area contributed by atoms with Crippen molar-refractivity contribution in [1.82, 2.24) is 39.5 Å². The lowest BCUT2D eigenvalue weighted by Gasteiger charge is -2.34. The van der Waals surface area contributed by atoms with Gasteiger partial charge in [0.05, 0.1) is 28.5 Å². The molecule has 11 nitrogen and oxygen atoms in total. The number of aryl methyl sites for hydroxylation is 6. The number of nitrogens with one attached hydrogen (secondary N) is 1.